The fourth-order valence-electron chi connectivity index (χ4n) is 13.4. The van der Waals surface area contributed by atoms with Crippen LogP contribution in [0.25, 0.3) is 10.9 Å². The molecule has 53 N–H and O–H groups in total. The Morgan fingerprint density at radius 3 is 0.719 bits per heavy atom. The summed E-state index contributed by atoms with van der Waals surface area (Å²) in [5.74, 6) is -17.1. The van der Waals surface area contributed by atoms with Gasteiger partial charge in [-0.2, -0.15) is 12.6 Å². The highest BCUT2D eigenvalue weighted by atomic mass is 32.1. The normalized spacial score (nSPS) is 13.8. The van der Waals surface area contributed by atoms with E-state index in [2.05, 4.69) is 135 Å². The van der Waals surface area contributed by atoms with E-state index in [4.69, 9.17) is 106 Å². The molecule has 13 atom stereocenters. The molecule has 0 aliphatic heterocycles. The molecule has 0 fully saturated rings. The number of aromatic amines is 1. The van der Waals surface area contributed by atoms with Crippen LogP contribution in [-0.4, -0.2) is 297 Å². The third-order valence-electron chi connectivity index (χ3n) is 20.3. The summed E-state index contributed by atoms with van der Waals surface area (Å²) in [4.78, 5) is 192. The third-order valence-corrected chi connectivity index (χ3v) is 20.7. The van der Waals surface area contributed by atoms with Crippen molar-refractivity contribution in [2.24, 2.45) is 63.3 Å². The molecule has 756 valence electrons. The van der Waals surface area contributed by atoms with Crippen LogP contribution < -0.4 is 174 Å². The molecule has 2 aromatic rings. The number of fused-ring (bicyclic) bond motifs is 1. The molecule has 0 saturated carbocycles. The zero-order valence-electron chi connectivity index (χ0n) is 76.4. The minimum Gasteiger partial charge on any atom is -0.394 e. The molecule has 1 aromatic heterocycles. The van der Waals surface area contributed by atoms with Crippen LogP contribution in [0, 0.1) is 54.6 Å². The highest BCUT2D eigenvalue weighted by Crippen LogP contribution is 2.21. The van der Waals surface area contributed by atoms with Gasteiger partial charge in [0.1, 0.15) is 72.5 Å². The number of H-pyrrole nitrogens is 1. The molecular formula is C78H144N42O14S. The van der Waals surface area contributed by atoms with E-state index in [1.165, 1.54) is 0 Å². The van der Waals surface area contributed by atoms with E-state index in [-0.39, 0.29) is 193 Å². The number of aliphatic hydroxyl groups is 1. The smallest absolute Gasteiger partial charge is 0.245 e. The summed E-state index contributed by atoms with van der Waals surface area (Å²) in [6, 6.07) is -12.5. The Kier molecular flexibility index (Phi) is 55.6. The van der Waals surface area contributed by atoms with Gasteiger partial charge in [0.15, 0.2) is 53.6 Å². The lowest BCUT2D eigenvalue weighted by atomic mass is 10.0. The maximum atomic E-state index is 15.2. The number of benzene rings is 1. The van der Waals surface area contributed by atoms with Crippen LogP contribution in [0.15, 0.2) is 30.5 Å². The molecule has 135 heavy (non-hydrogen) atoms. The summed E-state index contributed by atoms with van der Waals surface area (Å²) < 4.78 is 0. The molecule has 0 spiro atoms. The van der Waals surface area contributed by atoms with E-state index in [1.54, 1.807) is 25.4 Å². The SMILES string of the molecule is CNC(CC(C)C)C(=O)N[C@@H](Cc1c[nH]c2ccccc12)C(=O)N[C@@H](CCCNC(=N)N)C(=O)N[C@@H](CO)C(=O)N[C@H](CCCNC(=N)N)C(=O)N[C@H](CCCNC(=N)N)C(=O)N[C@H](CCCNC(=N)N)C(=O)N[C@H](CCCNC(=N)N)C(=O)N[C@H](CCCNC(=N)N)C(=O)N[C@H](CCCNC(=N)N)C(=O)N[C@H](CCCNC(=N)N)C(=O)N[C@H](CCCNC(=N)N)C(=O)N[C@H](CS)C(N)=O. The van der Waals surface area contributed by atoms with Crippen molar-refractivity contribution in [1.29, 1.82) is 48.7 Å². The van der Waals surface area contributed by atoms with Gasteiger partial charge < -0.3 is 184 Å². The number of para-hydroxylation sites is 1. The largest absolute Gasteiger partial charge is 0.394 e. The van der Waals surface area contributed by atoms with E-state index >= 15 is 19.2 Å². The van der Waals surface area contributed by atoms with Crippen LogP contribution in [-0.2, 0) is 68.7 Å². The van der Waals surface area contributed by atoms with Crippen molar-refractivity contribution in [1.82, 2.24) is 122 Å². The predicted molar refractivity (Wildman–Crippen MR) is 510 cm³/mol. The van der Waals surface area contributed by atoms with Crippen LogP contribution in [0.5, 0.6) is 0 Å². The average molecular weight is 1930 g/mol. The number of primary amides is 1. The predicted octanol–water partition coefficient (Wildman–Crippen LogP) is -12.1. The number of thiol groups is 1. The van der Waals surface area contributed by atoms with Gasteiger partial charge in [-0.3, -0.25) is 111 Å². The van der Waals surface area contributed by atoms with E-state index in [9.17, 15) is 48.3 Å². The first-order valence-corrected chi connectivity index (χ1v) is 44.6. The van der Waals surface area contributed by atoms with Gasteiger partial charge in [0.2, 0.25) is 76.8 Å². The van der Waals surface area contributed by atoms with Crippen LogP contribution in [0.1, 0.15) is 141 Å². The first-order valence-electron chi connectivity index (χ1n) is 44.0. The highest BCUT2D eigenvalue weighted by Gasteiger charge is 2.38. The van der Waals surface area contributed by atoms with Gasteiger partial charge in [0.25, 0.3) is 0 Å². The number of rotatable bonds is 68. The number of guanidine groups is 9. The van der Waals surface area contributed by atoms with Crippen molar-refractivity contribution in [3.63, 3.8) is 0 Å². The molecule has 1 heterocycles. The monoisotopic (exact) mass is 1930 g/mol. The van der Waals surface area contributed by atoms with E-state index in [0.29, 0.717) is 12.0 Å². The number of nitrogens with one attached hydrogen (secondary N) is 32. The Balaban J connectivity index is 2.85. The molecule has 0 bridgehead atoms. The number of carbonyl (C=O) groups excluding carboxylic acids is 13. The Hall–Kier alpha value is -14.4. The summed E-state index contributed by atoms with van der Waals surface area (Å²) in [6.45, 7) is 2.26. The number of amides is 13. The summed E-state index contributed by atoms with van der Waals surface area (Å²) >= 11 is 4.09. The Bertz CT molecular complexity index is 4290. The van der Waals surface area contributed by atoms with E-state index in [1.807, 2.05) is 26.0 Å². The lowest BCUT2D eigenvalue weighted by molar-refractivity contribution is -0.136. The molecule has 0 aliphatic rings. The Morgan fingerprint density at radius 1 is 0.311 bits per heavy atom. The zero-order chi connectivity index (χ0) is 101. The number of nitrogens with two attached hydrogens (primary N) is 10. The Labute approximate surface area is 787 Å². The van der Waals surface area contributed by atoms with Gasteiger partial charge in [-0.25, -0.2) is 0 Å². The maximum absolute atomic E-state index is 15.2. The van der Waals surface area contributed by atoms with Crippen LogP contribution in [0.3, 0.4) is 0 Å². The fourth-order valence-corrected chi connectivity index (χ4v) is 13.7. The van der Waals surface area contributed by atoms with Crippen molar-refractivity contribution in [2.45, 2.75) is 221 Å². The number of hydrogen-bond donors (Lipinski definition) is 44. The maximum Gasteiger partial charge on any atom is 0.245 e. The second-order valence-electron chi connectivity index (χ2n) is 31.9. The van der Waals surface area contributed by atoms with E-state index < -0.39 is 216 Å². The average Bonchev–Trinajstić information content (AvgIpc) is 1.70. The summed E-state index contributed by atoms with van der Waals surface area (Å²) in [5.41, 5.74) is 57.0. The second-order valence-corrected chi connectivity index (χ2v) is 32.2. The number of likely N-dealkylation sites (N-methyl/N-ethyl adjacent to an activating group) is 1. The topological polar surface area (TPSA) is 997 Å². The van der Waals surface area contributed by atoms with Gasteiger partial charge in [-0.05, 0) is 147 Å². The fraction of sp³-hybridized carbons (Fsp3) is 0.615. The van der Waals surface area contributed by atoms with Crippen LogP contribution >= 0.6 is 12.6 Å². The number of hydrogen-bond acceptors (Lipinski definition) is 25. The van der Waals surface area contributed by atoms with Gasteiger partial charge in [-0.15, -0.1) is 0 Å². The molecule has 57 heteroatoms. The molecular weight excluding hydrogens is 1780 g/mol. The molecule has 1 aromatic carbocycles. The quantitative estimate of drug-likeness (QED) is 0.0127. The van der Waals surface area contributed by atoms with Gasteiger partial charge in [0, 0.05) is 88.2 Å². The first-order chi connectivity index (χ1) is 63.9. The van der Waals surface area contributed by atoms with Crippen molar-refractivity contribution in [3.05, 3.63) is 36.0 Å². The third kappa shape index (κ3) is 49.6. The number of aromatic nitrogens is 1. The number of aliphatic hydroxyl groups excluding tert-OH is 1. The van der Waals surface area contributed by atoms with E-state index in [0.717, 1.165) is 10.9 Å². The minimum absolute atomic E-state index is 0.0146. The molecule has 56 nitrogen and oxygen atoms in total. The van der Waals surface area contributed by atoms with Crippen LogP contribution in [0.4, 0.5) is 0 Å². The van der Waals surface area contributed by atoms with Crippen molar-refractivity contribution in [3.8, 4) is 0 Å². The number of carbonyl (C=O) groups is 13. The molecule has 0 radical (unpaired) electrons. The molecule has 1 unspecified atom stereocenters. The molecule has 0 aliphatic carbocycles. The molecule has 2 rings (SSSR count). The standard InChI is InChI=1S/C78H144N42O14S/c1-40(2)35-53(98-3)67(132)118-54(36-41-37-108-43-16-5-4-15-42(41)43)68(133)116-51(24-13-33-106-77(94)95)65(130)119-55(38-121)69(134)117-50(23-12-32-105-76(92)93)64(129)114-48(21-10-30-103-74(88)89)62(127)112-46(19-8-28-101-72(84)85)60(125)110-44(17-6-26-99-70(80)81)58(123)109-45(18-7-27-100-71(82)83)59(124)111-47(20-9-29-102-73(86)87)61(126)113-49(22-11-31-104-75(90)91)63(128)115-52(25-14-34-107-78(96)97)66(131)120-56(39-135)57(79)122/h4-5,15-16,37,40,44-56,98,108,121,135H,6-14,17-36,38-39H2,1-3H3,(H2,79,122)(H,109,123)(H,110,125)(H,111,124)(H,112,127)(H,113,126)(H,114,129)(H,115,128)(H,116,133)(H,117,134)(H,118,132)(H,119,130)(H,120,131)(H4,80,81,99)(H4,82,83,100)(H4,84,85,101)(H4,86,87,102)(H4,88,89,103)(H4,90,91,104)(H4,92,93,105)(H4,94,95,106)(H4,96,97,107)/t44-,45-,46-,47-,48-,49-,50-,51+,52-,53?,54+,55+,56-/m1/s1. The lowest BCUT2D eigenvalue weighted by Crippen LogP contribution is -2.61. The molecule has 13 amide bonds. The van der Waals surface area contributed by atoms with Crippen molar-refractivity contribution < 1.29 is 67.4 Å². The summed E-state index contributed by atoms with van der Waals surface area (Å²) in [6.07, 6.45) is -0.451. The minimum atomic E-state index is -1.89. The Morgan fingerprint density at radius 2 is 0.511 bits per heavy atom. The van der Waals surface area contributed by atoms with Gasteiger partial charge in [0.05, 0.1) is 12.6 Å². The van der Waals surface area contributed by atoms with Crippen molar-refractivity contribution in [2.75, 3.05) is 78.3 Å². The summed E-state index contributed by atoms with van der Waals surface area (Å²) in [7, 11) is 1.59. The highest BCUT2D eigenvalue weighted by molar-refractivity contribution is 7.80. The zero-order valence-corrected chi connectivity index (χ0v) is 77.3. The van der Waals surface area contributed by atoms with Gasteiger partial charge >= 0.3 is 0 Å². The van der Waals surface area contributed by atoms with Crippen molar-refractivity contribution >= 4 is 154 Å². The van der Waals surface area contributed by atoms with Gasteiger partial charge in [-0.1, -0.05) is 32.0 Å². The first kappa shape index (κ1) is 117. The lowest BCUT2D eigenvalue weighted by Gasteiger charge is -2.29. The van der Waals surface area contributed by atoms with Crippen LogP contribution in [0.2, 0.25) is 0 Å². The summed E-state index contributed by atoms with van der Waals surface area (Å²) in [5, 5.41) is 139. The molecule has 0 saturated heterocycles. The second kappa shape index (κ2) is 64.4.